The molecule has 1 aromatic rings. The van der Waals surface area contributed by atoms with E-state index in [1.165, 1.54) is 7.11 Å². The molecule has 0 aromatic heterocycles. The lowest BCUT2D eigenvalue weighted by molar-refractivity contribution is -0.150. The molecule has 0 spiro atoms. The minimum atomic E-state index is -0.811. The summed E-state index contributed by atoms with van der Waals surface area (Å²) in [4.78, 5) is 76.6. The maximum Gasteiger partial charge on any atom is 0.312 e. The first-order valence-electron chi connectivity index (χ1n) is 19.4. The van der Waals surface area contributed by atoms with Gasteiger partial charge >= 0.3 is 12.0 Å². The molecule has 316 valence electrons. The maximum atomic E-state index is 13.4. The number of methoxy groups -OCH3 is 1. The highest BCUT2D eigenvalue weighted by atomic mass is 16.6. The Morgan fingerprint density at radius 3 is 2.02 bits per heavy atom. The SMILES string of the molecule is COC(=O)C1CCN(C(=O)CCOCCOCCOCCOCCC(=O)N[C@H](C(=O)C[C@@H](CCCNC(N)=O)C(=O)Nc2ccc(CO)cc2)C(C)C)C(C)C1. The second-order valence-electron chi connectivity index (χ2n) is 14.1. The number of urea groups is 1. The van der Waals surface area contributed by atoms with Crippen molar-refractivity contribution in [3.05, 3.63) is 29.8 Å². The van der Waals surface area contributed by atoms with Gasteiger partial charge in [-0.25, -0.2) is 4.79 Å². The van der Waals surface area contributed by atoms with Crippen LogP contribution in [0.25, 0.3) is 0 Å². The summed E-state index contributed by atoms with van der Waals surface area (Å²) >= 11 is 0. The van der Waals surface area contributed by atoms with Crippen molar-refractivity contribution in [1.82, 2.24) is 15.5 Å². The Hall–Kier alpha value is -4.16. The molecule has 17 nitrogen and oxygen atoms in total. The van der Waals surface area contributed by atoms with E-state index in [-0.39, 0.29) is 99.6 Å². The fourth-order valence-corrected chi connectivity index (χ4v) is 6.21. The highest BCUT2D eigenvalue weighted by Crippen LogP contribution is 2.24. The zero-order chi connectivity index (χ0) is 41.3. The van der Waals surface area contributed by atoms with Crippen molar-refractivity contribution in [1.29, 1.82) is 0 Å². The van der Waals surface area contributed by atoms with Crippen molar-refractivity contribution < 1.29 is 57.6 Å². The quantitative estimate of drug-likeness (QED) is 0.0605. The highest BCUT2D eigenvalue weighted by Gasteiger charge is 2.33. The first kappa shape index (κ1) is 48.0. The molecule has 5 amide bonds. The number of aliphatic hydroxyl groups excluding tert-OH is 1. The van der Waals surface area contributed by atoms with Crippen molar-refractivity contribution >= 4 is 41.2 Å². The van der Waals surface area contributed by atoms with Gasteiger partial charge in [-0.1, -0.05) is 26.0 Å². The standard InChI is InChI=1S/C39H63N5O12/c1-27(2)36(33(46)25-30(6-5-14-41-39(40)51)37(49)42-32-9-7-29(26-45)8-10-32)43-34(47)12-16-53-18-20-55-22-23-56-21-19-54-17-13-35(48)44-15-11-31(24-28(44)3)38(50)52-4/h7-10,27-28,30-31,36,45H,5-6,11-26H2,1-4H3,(H,42,49)(H,43,47)(H3,40,41,51)/t28?,30-,31?,36+/m1/s1. The molecule has 2 unspecified atom stereocenters. The lowest BCUT2D eigenvalue weighted by atomic mass is 9.89. The van der Waals surface area contributed by atoms with E-state index < -0.39 is 18.0 Å². The molecule has 1 fully saturated rings. The summed E-state index contributed by atoms with van der Waals surface area (Å²) in [5.74, 6) is -2.36. The largest absolute Gasteiger partial charge is 0.469 e. The van der Waals surface area contributed by atoms with E-state index in [1.807, 2.05) is 20.8 Å². The number of ketones is 1. The van der Waals surface area contributed by atoms with Crippen LogP contribution >= 0.6 is 0 Å². The van der Waals surface area contributed by atoms with Crippen LogP contribution in [0.4, 0.5) is 10.5 Å². The Kier molecular flexibility index (Phi) is 23.5. The zero-order valence-electron chi connectivity index (χ0n) is 33.4. The number of Topliss-reactive ketones (excluding diaryl/α,β-unsaturated/α-hetero) is 1. The number of likely N-dealkylation sites (tertiary alicyclic amines) is 1. The molecule has 1 aliphatic rings. The van der Waals surface area contributed by atoms with E-state index in [4.69, 9.17) is 29.4 Å². The van der Waals surface area contributed by atoms with Crippen LogP contribution in [0.2, 0.25) is 0 Å². The Bertz CT molecular complexity index is 1360. The third kappa shape index (κ3) is 19.1. The van der Waals surface area contributed by atoms with Crippen LogP contribution in [-0.4, -0.2) is 131 Å². The number of anilines is 1. The van der Waals surface area contributed by atoms with E-state index in [0.717, 1.165) is 0 Å². The second kappa shape index (κ2) is 27.4. The number of ether oxygens (including phenoxy) is 5. The number of piperidine rings is 1. The van der Waals surface area contributed by atoms with Gasteiger partial charge in [0.1, 0.15) is 0 Å². The molecule has 0 radical (unpaired) electrons. The Balaban J connectivity index is 1.59. The lowest BCUT2D eigenvalue weighted by Gasteiger charge is -2.36. The first-order valence-corrected chi connectivity index (χ1v) is 19.4. The molecular weight excluding hydrogens is 730 g/mol. The first-order chi connectivity index (χ1) is 26.9. The third-order valence-electron chi connectivity index (χ3n) is 9.36. The number of carbonyl (C=O) groups excluding carboxylic acids is 6. The van der Waals surface area contributed by atoms with Gasteiger partial charge in [0.25, 0.3) is 0 Å². The molecule has 1 aromatic carbocycles. The number of hydrogen-bond acceptors (Lipinski definition) is 12. The minimum Gasteiger partial charge on any atom is -0.469 e. The molecule has 4 atom stereocenters. The van der Waals surface area contributed by atoms with E-state index >= 15 is 0 Å². The van der Waals surface area contributed by atoms with Gasteiger partial charge < -0.3 is 55.4 Å². The van der Waals surface area contributed by atoms with Crippen LogP contribution in [0.3, 0.4) is 0 Å². The molecule has 2 rings (SSSR count). The maximum absolute atomic E-state index is 13.4. The highest BCUT2D eigenvalue weighted by molar-refractivity contribution is 5.97. The molecule has 56 heavy (non-hydrogen) atoms. The summed E-state index contributed by atoms with van der Waals surface area (Å²) in [7, 11) is 1.38. The van der Waals surface area contributed by atoms with Gasteiger partial charge in [0, 0.05) is 43.6 Å². The summed E-state index contributed by atoms with van der Waals surface area (Å²) in [6.07, 6.45) is 2.09. The molecule has 0 saturated carbocycles. The fourth-order valence-electron chi connectivity index (χ4n) is 6.21. The number of benzene rings is 1. The van der Waals surface area contributed by atoms with Crippen LogP contribution < -0.4 is 21.7 Å². The number of amides is 5. The molecule has 17 heteroatoms. The Morgan fingerprint density at radius 1 is 0.893 bits per heavy atom. The number of hydrogen-bond donors (Lipinski definition) is 5. The molecule has 1 heterocycles. The third-order valence-corrected chi connectivity index (χ3v) is 9.36. The normalized spacial score (nSPS) is 16.5. The smallest absolute Gasteiger partial charge is 0.312 e. The molecule has 0 aliphatic carbocycles. The Morgan fingerprint density at radius 2 is 1.48 bits per heavy atom. The number of aliphatic hydroxyl groups is 1. The van der Waals surface area contributed by atoms with Crippen molar-refractivity contribution in [3.63, 3.8) is 0 Å². The molecular formula is C39H63N5O12. The fraction of sp³-hybridized carbons (Fsp3) is 0.692. The average molecular weight is 794 g/mol. The number of rotatable bonds is 28. The lowest BCUT2D eigenvalue weighted by Crippen LogP contribution is -2.46. The van der Waals surface area contributed by atoms with Gasteiger partial charge in [0.15, 0.2) is 5.78 Å². The van der Waals surface area contributed by atoms with E-state index in [1.54, 1.807) is 29.2 Å². The van der Waals surface area contributed by atoms with Gasteiger partial charge in [-0.05, 0) is 56.2 Å². The summed E-state index contributed by atoms with van der Waals surface area (Å²) in [6.45, 7) is 8.58. The van der Waals surface area contributed by atoms with Crippen molar-refractivity contribution in [3.8, 4) is 0 Å². The molecule has 6 N–H and O–H groups in total. The van der Waals surface area contributed by atoms with Crippen LogP contribution in [0, 0.1) is 17.8 Å². The van der Waals surface area contributed by atoms with Gasteiger partial charge in [-0.15, -0.1) is 0 Å². The number of carbonyl (C=O) groups is 6. The van der Waals surface area contributed by atoms with Crippen molar-refractivity contribution in [2.45, 2.75) is 84.4 Å². The summed E-state index contributed by atoms with van der Waals surface area (Å²) in [5, 5.41) is 17.4. The van der Waals surface area contributed by atoms with Gasteiger partial charge in [-0.2, -0.15) is 0 Å². The number of primary amides is 1. The average Bonchev–Trinajstić information content (AvgIpc) is 3.17. The van der Waals surface area contributed by atoms with Gasteiger partial charge in [-0.3, -0.25) is 24.0 Å². The van der Waals surface area contributed by atoms with Gasteiger partial charge in [0.2, 0.25) is 17.7 Å². The van der Waals surface area contributed by atoms with Gasteiger partial charge in [0.05, 0.1) is 85.0 Å². The van der Waals surface area contributed by atoms with Crippen LogP contribution in [0.1, 0.15) is 71.3 Å². The molecule has 0 bridgehead atoms. The van der Waals surface area contributed by atoms with Crippen molar-refractivity contribution in [2.24, 2.45) is 23.5 Å². The summed E-state index contributed by atoms with van der Waals surface area (Å²) < 4.78 is 26.9. The molecule has 1 aliphatic heterocycles. The Labute approximate surface area is 330 Å². The second-order valence-corrected chi connectivity index (χ2v) is 14.1. The number of nitrogens with zero attached hydrogens (tertiary/aromatic N) is 1. The van der Waals surface area contributed by atoms with E-state index in [0.29, 0.717) is 76.5 Å². The molecule has 1 saturated heterocycles. The van der Waals surface area contributed by atoms with Crippen LogP contribution in [0.15, 0.2) is 24.3 Å². The zero-order valence-corrected chi connectivity index (χ0v) is 33.4. The predicted molar refractivity (Wildman–Crippen MR) is 206 cm³/mol. The number of nitrogens with one attached hydrogen (secondary N) is 3. The monoisotopic (exact) mass is 793 g/mol. The predicted octanol–water partition coefficient (Wildman–Crippen LogP) is 1.93. The topological polar surface area (TPSA) is 234 Å². The number of nitrogens with two attached hydrogens (primary N) is 1. The summed E-state index contributed by atoms with van der Waals surface area (Å²) in [6, 6.07) is 5.17. The van der Waals surface area contributed by atoms with Crippen LogP contribution in [0.5, 0.6) is 0 Å². The van der Waals surface area contributed by atoms with E-state index in [2.05, 4.69) is 16.0 Å². The minimum absolute atomic E-state index is 0.00375. The number of esters is 1. The van der Waals surface area contributed by atoms with Crippen molar-refractivity contribution in [2.75, 3.05) is 78.4 Å². The van der Waals surface area contributed by atoms with E-state index in [9.17, 15) is 33.9 Å². The summed E-state index contributed by atoms with van der Waals surface area (Å²) in [5.41, 5.74) is 6.34. The van der Waals surface area contributed by atoms with Crippen LogP contribution in [-0.2, 0) is 54.3 Å².